The summed E-state index contributed by atoms with van der Waals surface area (Å²) in [6.45, 7) is 6.17. The third-order valence-corrected chi connectivity index (χ3v) is 3.38. The molecule has 3 atom stereocenters. The van der Waals surface area contributed by atoms with Crippen molar-refractivity contribution in [2.75, 3.05) is 26.2 Å². The zero-order valence-electron chi connectivity index (χ0n) is 7.99. The summed E-state index contributed by atoms with van der Waals surface area (Å²) in [6, 6.07) is -0.0920. The Kier molecular flexibility index (Phi) is 2.26. The summed E-state index contributed by atoms with van der Waals surface area (Å²) in [6.07, 6.45) is 0. The number of likely N-dealkylation sites (tertiary alicyclic amines) is 1. The minimum atomic E-state index is -0.201. The molecule has 0 saturated carbocycles. The van der Waals surface area contributed by atoms with Gasteiger partial charge in [0.25, 0.3) is 0 Å². The van der Waals surface area contributed by atoms with Gasteiger partial charge >= 0.3 is 0 Å². The molecular formula is C9H17N3O. The minimum Gasteiger partial charge on any atom is -0.368 e. The Morgan fingerprint density at radius 3 is 2.46 bits per heavy atom. The summed E-state index contributed by atoms with van der Waals surface area (Å²) < 4.78 is 0. The maximum atomic E-state index is 11.0. The van der Waals surface area contributed by atoms with Crippen LogP contribution in [0.2, 0.25) is 0 Å². The number of nitrogens with zero attached hydrogens (tertiary/aromatic N) is 1. The minimum absolute atomic E-state index is 0.0920. The molecule has 74 valence electrons. The molecule has 4 nitrogen and oxygen atoms in total. The Morgan fingerprint density at radius 1 is 1.46 bits per heavy atom. The van der Waals surface area contributed by atoms with Crippen LogP contribution in [0.3, 0.4) is 0 Å². The zero-order valence-corrected chi connectivity index (χ0v) is 7.99. The van der Waals surface area contributed by atoms with Gasteiger partial charge in [-0.3, -0.25) is 9.69 Å². The van der Waals surface area contributed by atoms with Gasteiger partial charge in [-0.15, -0.1) is 0 Å². The fourth-order valence-electron chi connectivity index (χ4n) is 2.39. The van der Waals surface area contributed by atoms with E-state index >= 15 is 0 Å². The molecule has 2 aliphatic rings. The van der Waals surface area contributed by atoms with Crippen LogP contribution in [0.4, 0.5) is 0 Å². The highest BCUT2D eigenvalue weighted by atomic mass is 16.1. The van der Waals surface area contributed by atoms with Crippen LogP contribution in [-0.2, 0) is 4.79 Å². The van der Waals surface area contributed by atoms with E-state index < -0.39 is 0 Å². The van der Waals surface area contributed by atoms with E-state index in [1.807, 2.05) is 6.92 Å². The second-order valence-corrected chi connectivity index (χ2v) is 4.21. The highest BCUT2D eigenvalue weighted by Gasteiger charge is 2.38. The SMILES string of the molecule is CC(C(N)=O)N1CC2CNCC2C1. The standard InChI is InChI=1S/C9H17N3O/c1-6(9(10)13)12-4-7-2-11-3-8(7)5-12/h6-8,11H,2-5H2,1H3,(H2,10,13). The molecule has 0 aliphatic carbocycles. The molecule has 3 N–H and O–H groups in total. The van der Waals surface area contributed by atoms with Crippen molar-refractivity contribution in [2.45, 2.75) is 13.0 Å². The molecule has 13 heavy (non-hydrogen) atoms. The number of carbonyl (C=O) groups is 1. The molecule has 3 unspecified atom stereocenters. The Balaban J connectivity index is 1.95. The predicted molar refractivity (Wildman–Crippen MR) is 50.1 cm³/mol. The smallest absolute Gasteiger partial charge is 0.234 e. The molecule has 2 rings (SSSR count). The molecule has 1 amide bonds. The maximum absolute atomic E-state index is 11.0. The van der Waals surface area contributed by atoms with Gasteiger partial charge in [-0.1, -0.05) is 0 Å². The van der Waals surface area contributed by atoms with E-state index in [-0.39, 0.29) is 11.9 Å². The summed E-state index contributed by atoms with van der Waals surface area (Å²) in [5.74, 6) is 1.27. The van der Waals surface area contributed by atoms with Crippen molar-refractivity contribution >= 4 is 5.91 Å². The number of hydrogen-bond acceptors (Lipinski definition) is 3. The largest absolute Gasteiger partial charge is 0.368 e. The van der Waals surface area contributed by atoms with Crippen LogP contribution in [0.25, 0.3) is 0 Å². The number of carbonyl (C=O) groups excluding carboxylic acids is 1. The molecular weight excluding hydrogens is 166 g/mol. The number of hydrogen-bond donors (Lipinski definition) is 2. The monoisotopic (exact) mass is 183 g/mol. The summed E-state index contributed by atoms with van der Waals surface area (Å²) in [4.78, 5) is 13.2. The number of nitrogens with one attached hydrogen (secondary N) is 1. The van der Waals surface area contributed by atoms with Crippen LogP contribution in [0.15, 0.2) is 0 Å². The fourth-order valence-corrected chi connectivity index (χ4v) is 2.39. The van der Waals surface area contributed by atoms with Gasteiger partial charge in [-0.25, -0.2) is 0 Å². The molecule has 0 radical (unpaired) electrons. The second-order valence-electron chi connectivity index (χ2n) is 4.21. The van der Waals surface area contributed by atoms with Crippen molar-refractivity contribution in [1.29, 1.82) is 0 Å². The third-order valence-electron chi connectivity index (χ3n) is 3.38. The van der Waals surface area contributed by atoms with Gasteiger partial charge in [-0.05, 0) is 31.8 Å². The van der Waals surface area contributed by atoms with E-state index in [1.165, 1.54) is 0 Å². The molecule has 0 bridgehead atoms. The van der Waals surface area contributed by atoms with Crippen LogP contribution >= 0.6 is 0 Å². The molecule has 0 aromatic carbocycles. The average Bonchev–Trinajstić information content (AvgIpc) is 2.59. The second kappa shape index (κ2) is 3.27. The normalized spacial score (nSPS) is 36.1. The number of amides is 1. The lowest BCUT2D eigenvalue weighted by Gasteiger charge is -2.21. The van der Waals surface area contributed by atoms with E-state index in [0.29, 0.717) is 0 Å². The van der Waals surface area contributed by atoms with Gasteiger partial charge in [0.05, 0.1) is 6.04 Å². The summed E-state index contributed by atoms with van der Waals surface area (Å²) in [7, 11) is 0. The Hall–Kier alpha value is -0.610. The van der Waals surface area contributed by atoms with Crippen molar-refractivity contribution in [2.24, 2.45) is 17.6 Å². The first kappa shape index (κ1) is 8.97. The first-order chi connectivity index (χ1) is 6.18. The first-order valence-corrected chi connectivity index (χ1v) is 4.92. The number of nitrogens with two attached hydrogens (primary N) is 1. The van der Waals surface area contributed by atoms with Crippen LogP contribution < -0.4 is 11.1 Å². The molecule has 4 heteroatoms. The predicted octanol–water partition coefficient (Wildman–Crippen LogP) is -0.989. The summed E-state index contributed by atoms with van der Waals surface area (Å²) in [5.41, 5.74) is 5.27. The molecule has 0 aromatic rings. The number of primary amides is 1. The third kappa shape index (κ3) is 1.56. The van der Waals surface area contributed by atoms with Crippen LogP contribution in [0, 0.1) is 11.8 Å². The van der Waals surface area contributed by atoms with E-state index in [4.69, 9.17) is 5.73 Å². The van der Waals surface area contributed by atoms with Crippen molar-refractivity contribution in [1.82, 2.24) is 10.2 Å². The molecule has 2 heterocycles. The van der Waals surface area contributed by atoms with Gasteiger partial charge < -0.3 is 11.1 Å². The molecule has 0 aromatic heterocycles. The Bertz CT molecular complexity index is 207. The molecule has 2 saturated heterocycles. The Labute approximate surface area is 78.5 Å². The van der Waals surface area contributed by atoms with E-state index in [9.17, 15) is 4.79 Å². The van der Waals surface area contributed by atoms with Crippen LogP contribution in [0.1, 0.15) is 6.92 Å². The highest BCUT2D eigenvalue weighted by Crippen LogP contribution is 2.27. The average molecular weight is 183 g/mol. The van der Waals surface area contributed by atoms with Gasteiger partial charge in [-0.2, -0.15) is 0 Å². The first-order valence-electron chi connectivity index (χ1n) is 4.92. The fraction of sp³-hybridized carbons (Fsp3) is 0.889. The summed E-state index contributed by atoms with van der Waals surface area (Å²) in [5, 5.41) is 3.37. The maximum Gasteiger partial charge on any atom is 0.234 e. The van der Waals surface area contributed by atoms with Gasteiger partial charge in [0.15, 0.2) is 0 Å². The number of fused-ring (bicyclic) bond motifs is 1. The molecule has 0 spiro atoms. The van der Waals surface area contributed by atoms with Gasteiger partial charge in [0.2, 0.25) is 5.91 Å². The van der Waals surface area contributed by atoms with Crippen molar-refractivity contribution in [3.05, 3.63) is 0 Å². The van der Waals surface area contributed by atoms with Crippen molar-refractivity contribution in [3.63, 3.8) is 0 Å². The molecule has 2 fully saturated rings. The number of rotatable bonds is 2. The lowest BCUT2D eigenvalue weighted by molar-refractivity contribution is -0.122. The topological polar surface area (TPSA) is 58.4 Å². The van der Waals surface area contributed by atoms with Crippen molar-refractivity contribution in [3.8, 4) is 0 Å². The van der Waals surface area contributed by atoms with Gasteiger partial charge in [0.1, 0.15) is 0 Å². The van der Waals surface area contributed by atoms with Crippen LogP contribution in [-0.4, -0.2) is 43.0 Å². The van der Waals surface area contributed by atoms with E-state index in [0.717, 1.165) is 38.0 Å². The lowest BCUT2D eigenvalue weighted by Crippen LogP contribution is -2.42. The quantitative estimate of drug-likeness (QED) is 0.578. The van der Waals surface area contributed by atoms with Gasteiger partial charge in [0, 0.05) is 13.1 Å². The van der Waals surface area contributed by atoms with Crippen LogP contribution in [0.5, 0.6) is 0 Å². The van der Waals surface area contributed by atoms with Crippen molar-refractivity contribution < 1.29 is 4.79 Å². The Morgan fingerprint density at radius 2 is 2.00 bits per heavy atom. The lowest BCUT2D eigenvalue weighted by atomic mass is 10.0. The van der Waals surface area contributed by atoms with E-state index in [2.05, 4.69) is 10.2 Å². The molecule has 2 aliphatic heterocycles. The highest BCUT2D eigenvalue weighted by molar-refractivity contribution is 5.79. The van der Waals surface area contributed by atoms with E-state index in [1.54, 1.807) is 0 Å². The zero-order chi connectivity index (χ0) is 9.42. The summed E-state index contributed by atoms with van der Waals surface area (Å²) >= 11 is 0.